The maximum Gasteiger partial charge on any atom is 0.247 e. The molecule has 0 saturated heterocycles. The molecule has 0 aliphatic carbocycles. The van der Waals surface area contributed by atoms with Crippen LogP contribution in [0, 0.1) is 0 Å². The van der Waals surface area contributed by atoms with Gasteiger partial charge in [0.2, 0.25) is 17.7 Å². The topological polar surface area (TPSA) is 84.4 Å². The van der Waals surface area contributed by atoms with Crippen molar-refractivity contribution in [3.05, 3.63) is 60.4 Å². The van der Waals surface area contributed by atoms with Crippen LogP contribution in [0.2, 0.25) is 0 Å². The van der Waals surface area contributed by atoms with Gasteiger partial charge in [-0.15, -0.1) is 10.2 Å². The lowest BCUT2D eigenvalue weighted by molar-refractivity contribution is -0.122. The number of rotatable bonds is 7. The Bertz CT molecular complexity index is 768. The van der Waals surface area contributed by atoms with Crippen LogP contribution in [0.25, 0.3) is 11.5 Å². The number of nitrogens with one attached hydrogen (secondary N) is 1. The molecule has 0 spiro atoms. The first-order valence-electron chi connectivity index (χ1n) is 7.56. The van der Waals surface area contributed by atoms with Crippen LogP contribution >= 0.6 is 0 Å². The third-order valence-electron chi connectivity index (χ3n) is 3.35. The Balaban J connectivity index is 1.49. The van der Waals surface area contributed by atoms with Gasteiger partial charge in [-0.2, -0.15) is 0 Å². The molecule has 0 atom stereocenters. The number of amides is 1. The van der Waals surface area contributed by atoms with Crippen molar-refractivity contribution in [1.29, 1.82) is 0 Å². The van der Waals surface area contributed by atoms with E-state index in [2.05, 4.69) is 15.5 Å². The van der Waals surface area contributed by atoms with Gasteiger partial charge in [0, 0.05) is 5.56 Å². The summed E-state index contributed by atoms with van der Waals surface area (Å²) in [7, 11) is 1.82. The summed E-state index contributed by atoms with van der Waals surface area (Å²) in [5.41, 5.74) is 0.870. The minimum Gasteiger partial charge on any atom is -0.467 e. The van der Waals surface area contributed by atoms with Crippen LogP contribution in [0.4, 0.5) is 0 Å². The van der Waals surface area contributed by atoms with Gasteiger partial charge in [0.15, 0.2) is 0 Å². The molecule has 0 saturated carbocycles. The van der Waals surface area contributed by atoms with Crippen molar-refractivity contribution < 1.29 is 13.6 Å². The van der Waals surface area contributed by atoms with Crippen molar-refractivity contribution in [2.45, 2.75) is 13.1 Å². The molecule has 7 heteroatoms. The number of benzene rings is 1. The highest BCUT2D eigenvalue weighted by atomic mass is 16.4. The monoisotopic (exact) mass is 326 g/mol. The lowest BCUT2D eigenvalue weighted by atomic mass is 10.2. The molecule has 3 aromatic rings. The van der Waals surface area contributed by atoms with Crippen LogP contribution in [0.1, 0.15) is 11.7 Å². The minimum atomic E-state index is -0.100. The minimum absolute atomic E-state index is 0.100. The lowest BCUT2D eigenvalue weighted by Gasteiger charge is -2.13. The Morgan fingerprint density at radius 2 is 2.00 bits per heavy atom. The van der Waals surface area contributed by atoms with E-state index >= 15 is 0 Å². The fourth-order valence-corrected chi connectivity index (χ4v) is 2.20. The molecule has 1 amide bonds. The molecule has 0 fully saturated rings. The van der Waals surface area contributed by atoms with E-state index < -0.39 is 0 Å². The van der Waals surface area contributed by atoms with Gasteiger partial charge in [-0.25, -0.2) is 0 Å². The summed E-state index contributed by atoms with van der Waals surface area (Å²) in [6, 6.07) is 13.2. The number of hydrogen-bond acceptors (Lipinski definition) is 6. The Labute approximate surface area is 139 Å². The summed E-state index contributed by atoms with van der Waals surface area (Å²) >= 11 is 0. The fourth-order valence-electron chi connectivity index (χ4n) is 2.20. The summed E-state index contributed by atoms with van der Waals surface area (Å²) in [5.74, 6) is 1.56. The third kappa shape index (κ3) is 4.30. The predicted octanol–water partition coefficient (Wildman–Crippen LogP) is 2.08. The number of likely N-dealkylation sites (N-methyl/N-ethyl adjacent to an activating group) is 1. The van der Waals surface area contributed by atoms with Crippen molar-refractivity contribution in [3.8, 4) is 11.5 Å². The Hall–Kier alpha value is -2.93. The third-order valence-corrected chi connectivity index (χ3v) is 3.35. The molecule has 24 heavy (non-hydrogen) atoms. The number of nitrogens with zero attached hydrogens (tertiary/aromatic N) is 3. The largest absolute Gasteiger partial charge is 0.467 e. The average molecular weight is 326 g/mol. The van der Waals surface area contributed by atoms with Crippen molar-refractivity contribution in [3.63, 3.8) is 0 Å². The van der Waals surface area contributed by atoms with E-state index in [1.54, 1.807) is 17.2 Å². The number of furan rings is 1. The van der Waals surface area contributed by atoms with E-state index in [9.17, 15) is 4.79 Å². The zero-order valence-electron chi connectivity index (χ0n) is 13.3. The maximum absolute atomic E-state index is 11.9. The van der Waals surface area contributed by atoms with E-state index in [-0.39, 0.29) is 12.5 Å². The molecule has 3 rings (SSSR count). The molecule has 1 N–H and O–H groups in total. The maximum atomic E-state index is 11.9. The highest BCUT2D eigenvalue weighted by Gasteiger charge is 2.13. The molecule has 0 radical (unpaired) electrons. The molecule has 1 aromatic carbocycles. The van der Waals surface area contributed by atoms with Crippen molar-refractivity contribution in [2.24, 2.45) is 0 Å². The number of carbonyl (C=O) groups excluding carboxylic acids is 1. The van der Waals surface area contributed by atoms with Crippen LogP contribution in [0.5, 0.6) is 0 Å². The van der Waals surface area contributed by atoms with Gasteiger partial charge in [0.1, 0.15) is 5.76 Å². The molecular formula is C17H18N4O3. The lowest BCUT2D eigenvalue weighted by Crippen LogP contribution is -2.34. The standard InChI is InChI=1S/C17H18N4O3/c1-21(11-15(22)18-10-14-8-5-9-23-14)12-16-19-20-17(24-16)13-6-3-2-4-7-13/h2-9H,10-12H2,1H3,(H,18,22). The normalized spacial score (nSPS) is 10.9. The Morgan fingerprint density at radius 1 is 1.17 bits per heavy atom. The molecule has 2 aromatic heterocycles. The fraction of sp³-hybridized carbons (Fsp3) is 0.235. The van der Waals surface area contributed by atoms with Crippen LogP contribution in [0.3, 0.4) is 0 Å². The van der Waals surface area contributed by atoms with E-state index in [0.29, 0.717) is 24.9 Å². The van der Waals surface area contributed by atoms with Gasteiger partial charge >= 0.3 is 0 Å². The van der Waals surface area contributed by atoms with E-state index in [4.69, 9.17) is 8.83 Å². The molecule has 0 aliphatic heterocycles. The van der Waals surface area contributed by atoms with Gasteiger partial charge < -0.3 is 14.2 Å². The predicted molar refractivity (Wildman–Crippen MR) is 86.6 cm³/mol. The number of hydrogen-bond donors (Lipinski definition) is 1. The molecule has 2 heterocycles. The second-order valence-corrected chi connectivity index (χ2v) is 5.40. The quantitative estimate of drug-likeness (QED) is 0.715. The number of carbonyl (C=O) groups is 1. The molecule has 0 aliphatic rings. The highest BCUT2D eigenvalue weighted by molar-refractivity contribution is 5.77. The average Bonchev–Trinajstić information content (AvgIpc) is 3.25. The number of aromatic nitrogens is 2. The van der Waals surface area contributed by atoms with Crippen LogP contribution < -0.4 is 5.32 Å². The Kier molecular flexibility index (Phi) is 5.02. The van der Waals surface area contributed by atoms with Crippen molar-refractivity contribution in [2.75, 3.05) is 13.6 Å². The van der Waals surface area contributed by atoms with E-state index in [0.717, 1.165) is 11.3 Å². The van der Waals surface area contributed by atoms with Gasteiger partial charge in [-0.3, -0.25) is 9.69 Å². The summed E-state index contributed by atoms with van der Waals surface area (Å²) in [5, 5.41) is 10.8. The van der Waals surface area contributed by atoms with Crippen LogP contribution in [-0.4, -0.2) is 34.6 Å². The molecule has 7 nitrogen and oxygen atoms in total. The molecular weight excluding hydrogens is 308 g/mol. The van der Waals surface area contributed by atoms with Crippen molar-refractivity contribution in [1.82, 2.24) is 20.4 Å². The second kappa shape index (κ2) is 7.56. The van der Waals surface area contributed by atoms with Crippen molar-refractivity contribution >= 4 is 5.91 Å². The second-order valence-electron chi connectivity index (χ2n) is 5.40. The molecule has 124 valence electrons. The molecule has 0 unspecified atom stereocenters. The van der Waals surface area contributed by atoms with Gasteiger partial charge in [-0.05, 0) is 31.3 Å². The van der Waals surface area contributed by atoms with E-state index in [1.165, 1.54) is 0 Å². The SMILES string of the molecule is CN(CC(=O)NCc1ccco1)Cc1nnc(-c2ccccc2)o1. The summed E-state index contributed by atoms with van der Waals surface area (Å²) in [4.78, 5) is 13.7. The highest BCUT2D eigenvalue weighted by Crippen LogP contribution is 2.17. The summed E-state index contributed by atoms with van der Waals surface area (Å²) < 4.78 is 10.8. The van der Waals surface area contributed by atoms with E-state index in [1.807, 2.05) is 43.4 Å². The first-order chi connectivity index (χ1) is 11.7. The first-order valence-corrected chi connectivity index (χ1v) is 7.56. The van der Waals surface area contributed by atoms with Gasteiger partial charge in [-0.1, -0.05) is 18.2 Å². The van der Waals surface area contributed by atoms with Crippen LogP contribution in [0.15, 0.2) is 57.6 Å². The summed E-state index contributed by atoms with van der Waals surface area (Å²) in [6.45, 7) is 0.996. The smallest absolute Gasteiger partial charge is 0.247 e. The van der Waals surface area contributed by atoms with Gasteiger partial charge in [0.25, 0.3) is 0 Å². The first kappa shape index (κ1) is 15.9. The van der Waals surface area contributed by atoms with Crippen LogP contribution in [-0.2, 0) is 17.9 Å². The zero-order chi connectivity index (χ0) is 16.8. The Morgan fingerprint density at radius 3 is 2.75 bits per heavy atom. The zero-order valence-corrected chi connectivity index (χ0v) is 13.3. The molecule has 0 bridgehead atoms. The summed E-state index contributed by atoms with van der Waals surface area (Å²) in [6.07, 6.45) is 1.58. The van der Waals surface area contributed by atoms with Gasteiger partial charge in [0.05, 0.1) is 25.9 Å².